The van der Waals surface area contributed by atoms with Gasteiger partial charge in [0.1, 0.15) is 5.75 Å². The summed E-state index contributed by atoms with van der Waals surface area (Å²) in [7, 11) is 0. The number of carbonyl (C=O) groups excluding carboxylic acids is 1. The molecule has 0 aliphatic carbocycles. The molecule has 5 N–H and O–H groups in total. The zero-order chi connectivity index (χ0) is 11.5. The van der Waals surface area contributed by atoms with Gasteiger partial charge in [0.25, 0.3) is 5.91 Å². The number of anilines is 2. The number of phenols is 1. The molecule has 1 heterocycles. The lowest BCUT2D eigenvalue weighted by Crippen LogP contribution is -2.14. The number of phenolic OH excluding ortho intramolecular Hbond substituents is 1. The van der Waals surface area contributed by atoms with Crippen LogP contribution in [0.3, 0.4) is 0 Å². The number of H-pyrrole nitrogens is 1. The predicted octanol–water partition coefficient (Wildman–Crippen LogP) is 0.950. The second-order valence-corrected chi connectivity index (χ2v) is 3.16. The van der Waals surface area contributed by atoms with E-state index in [0.717, 1.165) is 0 Å². The molecule has 0 unspecified atom stereocenters. The molecule has 0 radical (unpaired) electrons. The molecule has 2 rings (SSSR count). The van der Waals surface area contributed by atoms with Gasteiger partial charge in [-0.1, -0.05) is 0 Å². The van der Waals surface area contributed by atoms with Crippen LogP contribution in [0.15, 0.2) is 30.6 Å². The summed E-state index contributed by atoms with van der Waals surface area (Å²) in [5.41, 5.74) is 6.12. The van der Waals surface area contributed by atoms with E-state index < -0.39 is 5.91 Å². The maximum atomic E-state index is 11.7. The molecule has 0 aliphatic rings. The first-order valence-electron chi connectivity index (χ1n) is 4.56. The second-order valence-electron chi connectivity index (χ2n) is 3.16. The van der Waals surface area contributed by atoms with E-state index in [9.17, 15) is 9.90 Å². The first-order valence-corrected chi connectivity index (χ1v) is 4.56. The summed E-state index contributed by atoms with van der Waals surface area (Å²) in [5.74, 6) is -0.116. The number of aromatic hydroxyl groups is 1. The Hall–Kier alpha value is -2.50. The van der Waals surface area contributed by atoms with Crippen LogP contribution in [0.5, 0.6) is 5.75 Å². The van der Waals surface area contributed by atoms with Crippen LogP contribution >= 0.6 is 0 Å². The van der Waals surface area contributed by atoms with E-state index >= 15 is 0 Å². The van der Waals surface area contributed by atoms with Gasteiger partial charge in [0.05, 0.1) is 5.56 Å². The number of nitrogens with zero attached hydrogens (tertiary/aromatic N) is 1. The fourth-order valence-electron chi connectivity index (χ4n) is 1.25. The maximum Gasteiger partial charge on any atom is 0.260 e. The van der Waals surface area contributed by atoms with E-state index in [0.29, 0.717) is 11.6 Å². The molecule has 16 heavy (non-hydrogen) atoms. The largest absolute Gasteiger partial charge is 0.508 e. The van der Waals surface area contributed by atoms with Crippen LogP contribution in [0.1, 0.15) is 10.4 Å². The van der Waals surface area contributed by atoms with Crippen molar-refractivity contribution in [1.82, 2.24) is 9.97 Å². The number of carbonyl (C=O) groups is 1. The van der Waals surface area contributed by atoms with Crippen molar-refractivity contribution in [1.29, 1.82) is 0 Å². The molecule has 0 aliphatic heterocycles. The normalized spacial score (nSPS) is 10.0. The zero-order valence-electron chi connectivity index (χ0n) is 8.27. The summed E-state index contributed by atoms with van der Waals surface area (Å²) in [6.45, 7) is 0. The first kappa shape index (κ1) is 10.0. The van der Waals surface area contributed by atoms with Crippen molar-refractivity contribution in [3.05, 3.63) is 36.2 Å². The van der Waals surface area contributed by atoms with Crippen LogP contribution in [-0.2, 0) is 0 Å². The van der Waals surface area contributed by atoms with Gasteiger partial charge in [-0.3, -0.25) is 10.1 Å². The molecule has 0 spiro atoms. The Morgan fingerprint density at radius 1 is 1.50 bits per heavy atom. The number of rotatable bonds is 2. The Morgan fingerprint density at radius 2 is 2.31 bits per heavy atom. The van der Waals surface area contributed by atoms with Gasteiger partial charge in [0.2, 0.25) is 5.95 Å². The number of nitrogens with one attached hydrogen (secondary N) is 2. The third-order valence-electron chi connectivity index (χ3n) is 2.01. The summed E-state index contributed by atoms with van der Waals surface area (Å²) >= 11 is 0. The predicted molar refractivity (Wildman–Crippen MR) is 59.1 cm³/mol. The SMILES string of the molecule is Nc1ccc(O)cc1C(=O)Nc1ncc[nH]1. The van der Waals surface area contributed by atoms with E-state index in [1.165, 1.54) is 24.4 Å². The van der Waals surface area contributed by atoms with Gasteiger partial charge in [-0.15, -0.1) is 0 Å². The number of amides is 1. The summed E-state index contributed by atoms with van der Waals surface area (Å²) in [6.07, 6.45) is 3.10. The van der Waals surface area contributed by atoms with Gasteiger partial charge >= 0.3 is 0 Å². The van der Waals surface area contributed by atoms with Crippen molar-refractivity contribution in [3.8, 4) is 5.75 Å². The fourth-order valence-corrected chi connectivity index (χ4v) is 1.25. The van der Waals surface area contributed by atoms with E-state index in [1.807, 2.05) is 0 Å². The van der Waals surface area contributed by atoms with E-state index in [4.69, 9.17) is 5.73 Å². The van der Waals surface area contributed by atoms with Crippen LogP contribution in [0.25, 0.3) is 0 Å². The molecule has 1 aromatic carbocycles. The molecule has 1 amide bonds. The molecule has 2 aromatic rings. The minimum atomic E-state index is -0.427. The van der Waals surface area contributed by atoms with Gasteiger partial charge in [-0.2, -0.15) is 0 Å². The third kappa shape index (κ3) is 1.95. The number of aromatic amines is 1. The number of aromatic nitrogens is 2. The molecule has 6 nitrogen and oxygen atoms in total. The minimum absolute atomic E-state index is 0.0150. The van der Waals surface area contributed by atoms with Crippen LogP contribution in [-0.4, -0.2) is 21.0 Å². The summed E-state index contributed by atoms with van der Waals surface area (Å²) < 4.78 is 0. The van der Waals surface area contributed by atoms with E-state index in [-0.39, 0.29) is 11.3 Å². The number of imidazole rings is 1. The smallest absolute Gasteiger partial charge is 0.260 e. The standard InChI is InChI=1S/C10H10N4O2/c11-8-2-1-6(15)5-7(8)9(16)14-10-12-3-4-13-10/h1-5,15H,11H2,(H2,12,13,14,16). The fraction of sp³-hybridized carbons (Fsp3) is 0. The Labute approximate surface area is 91.1 Å². The Balaban J connectivity index is 2.24. The monoisotopic (exact) mass is 218 g/mol. The quantitative estimate of drug-likeness (QED) is 0.445. The molecule has 82 valence electrons. The Kier molecular flexibility index (Phi) is 2.47. The van der Waals surface area contributed by atoms with Crippen LogP contribution < -0.4 is 11.1 Å². The minimum Gasteiger partial charge on any atom is -0.508 e. The highest BCUT2D eigenvalue weighted by Gasteiger charge is 2.11. The van der Waals surface area contributed by atoms with Crippen molar-refractivity contribution in [2.45, 2.75) is 0 Å². The highest BCUT2D eigenvalue weighted by Crippen LogP contribution is 2.19. The number of hydrogen-bond donors (Lipinski definition) is 4. The molecule has 6 heteroatoms. The lowest BCUT2D eigenvalue weighted by molar-refractivity contribution is 0.102. The molecule has 0 saturated heterocycles. The lowest BCUT2D eigenvalue weighted by atomic mass is 10.1. The Morgan fingerprint density at radius 3 is 3.00 bits per heavy atom. The summed E-state index contributed by atoms with van der Waals surface area (Å²) in [6, 6.07) is 4.18. The summed E-state index contributed by atoms with van der Waals surface area (Å²) in [4.78, 5) is 18.3. The van der Waals surface area contributed by atoms with Gasteiger partial charge in [-0.05, 0) is 18.2 Å². The van der Waals surface area contributed by atoms with Gasteiger partial charge in [0, 0.05) is 18.1 Å². The number of nitrogens with two attached hydrogens (primary N) is 1. The van der Waals surface area contributed by atoms with Crippen molar-refractivity contribution in [2.75, 3.05) is 11.1 Å². The van der Waals surface area contributed by atoms with Gasteiger partial charge in [-0.25, -0.2) is 4.98 Å². The van der Waals surface area contributed by atoms with Gasteiger partial charge in [0.15, 0.2) is 0 Å². The van der Waals surface area contributed by atoms with Crippen LogP contribution in [0.2, 0.25) is 0 Å². The topological polar surface area (TPSA) is 104 Å². The highest BCUT2D eigenvalue weighted by atomic mass is 16.3. The van der Waals surface area contributed by atoms with Crippen molar-refractivity contribution >= 4 is 17.5 Å². The third-order valence-corrected chi connectivity index (χ3v) is 2.01. The van der Waals surface area contributed by atoms with Crippen LogP contribution in [0.4, 0.5) is 11.6 Å². The number of hydrogen-bond acceptors (Lipinski definition) is 4. The maximum absolute atomic E-state index is 11.7. The van der Waals surface area contributed by atoms with E-state index in [2.05, 4.69) is 15.3 Å². The summed E-state index contributed by atoms with van der Waals surface area (Å²) in [5, 5.41) is 11.8. The molecule has 0 atom stereocenters. The van der Waals surface area contributed by atoms with E-state index in [1.54, 1.807) is 6.20 Å². The molecule has 0 fully saturated rings. The molecular weight excluding hydrogens is 208 g/mol. The highest BCUT2D eigenvalue weighted by molar-refractivity contribution is 6.07. The van der Waals surface area contributed by atoms with Crippen molar-refractivity contribution in [3.63, 3.8) is 0 Å². The van der Waals surface area contributed by atoms with Crippen LogP contribution in [0, 0.1) is 0 Å². The second kappa shape index (κ2) is 3.93. The zero-order valence-corrected chi connectivity index (χ0v) is 8.27. The van der Waals surface area contributed by atoms with Crippen molar-refractivity contribution in [2.24, 2.45) is 0 Å². The average molecular weight is 218 g/mol. The molecular formula is C10H10N4O2. The Bertz CT molecular complexity index is 508. The van der Waals surface area contributed by atoms with Crippen molar-refractivity contribution < 1.29 is 9.90 Å². The first-order chi connectivity index (χ1) is 7.66. The van der Waals surface area contributed by atoms with Gasteiger partial charge < -0.3 is 15.8 Å². The number of nitrogen functional groups attached to an aromatic ring is 1. The lowest BCUT2D eigenvalue weighted by Gasteiger charge is -2.05. The molecule has 1 aromatic heterocycles. The number of benzene rings is 1. The molecule has 0 saturated carbocycles. The molecule has 0 bridgehead atoms. The average Bonchev–Trinajstić information content (AvgIpc) is 2.74.